The first kappa shape index (κ1) is 15.8. The predicted octanol–water partition coefficient (Wildman–Crippen LogP) is 3.57. The zero-order chi connectivity index (χ0) is 14.6. The molecular formula is C12H13F4NOS. The number of hydrogen-bond acceptors (Lipinski definition) is 2. The maximum atomic E-state index is 13.1. The first-order valence-electron chi connectivity index (χ1n) is 5.46. The van der Waals surface area contributed by atoms with Gasteiger partial charge in [0.2, 0.25) is 5.91 Å². The Morgan fingerprint density at radius 3 is 2.53 bits per heavy atom. The van der Waals surface area contributed by atoms with E-state index in [1.165, 1.54) is 19.1 Å². The Hall–Kier alpha value is -1.24. The number of alkyl halides is 4. The molecule has 0 unspecified atom stereocenters. The van der Waals surface area contributed by atoms with Gasteiger partial charge in [0.1, 0.15) is 0 Å². The number of halogens is 4. The van der Waals surface area contributed by atoms with Gasteiger partial charge in [-0.05, 0) is 18.6 Å². The molecule has 2 N–H and O–H groups in total. The molecule has 0 aliphatic heterocycles. The maximum absolute atomic E-state index is 13.1. The summed E-state index contributed by atoms with van der Waals surface area (Å²) in [5.74, 6) is -1.03. The van der Waals surface area contributed by atoms with E-state index in [9.17, 15) is 22.4 Å². The Morgan fingerprint density at radius 2 is 2.05 bits per heavy atom. The summed E-state index contributed by atoms with van der Waals surface area (Å²) in [4.78, 5) is 11.1. The zero-order valence-corrected chi connectivity index (χ0v) is 10.9. The minimum atomic E-state index is -4.68. The summed E-state index contributed by atoms with van der Waals surface area (Å²) in [7, 11) is 0. The number of nitrogens with two attached hydrogens (primary N) is 1. The number of benzene rings is 1. The fourth-order valence-electron chi connectivity index (χ4n) is 1.74. The van der Waals surface area contributed by atoms with Crippen molar-refractivity contribution in [2.75, 3.05) is 12.4 Å². The van der Waals surface area contributed by atoms with Crippen LogP contribution in [0.1, 0.15) is 33.7 Å². The summed E-state index contributed by atoms with van der Waals surface area (Å²) in [6.07, 6.45) is -4.68. The van der Waals surface area contributed by atoms with E-state index in [0.29, 0.717) is 0 Å². The van der Waals surface area contributed by atoms with Crippen molar-refractivity contribution in [3.05, 3.63) is 34.9 Å². The molecule has 1 rings (SSSR count). The van der Waals surface area contributed by atoms with Gasteiger partial charge in [-0.25, -0.2) is 0 Å². The molecular weight excluding hydrogens is 282 g/mol. The summed E-state index contributed by atoms with van der Waals surface area (Å²) >= 11 is 1.05. The Balaban J connectivity index is 3.31. The van der Waals surface area contributed by atoms with Crippen LogP contribution in [0.3, 0.4) is 0 Å². The summed E-state index contributed by atoms with van der Waals surface area (Å²) in [5, 5.41) is -0.577. The molecule has 1 aromatic carbocycles. The average molecular weight is 295 g/mol. The van der Waals surface area contributed by atoms with Crippen molar-refractivity contribution in [1.29, 1.82) is 0 Å². The quantitative estimate of drug-likeness (QED) is 0.844. The molecule has 19 heavy (non-hydrogen) atoms. The average Bonchev–Trinajstić information content (AvgIpc) is 2.33. The van der Waals surface area contributed by atoms with Crippen LogP contribution in [0.25, 0.3) is 0 Å². The lowest BCUT2D eigenvalue weighted by molar-refractivity contribution is -0.138. The highest BCUT2D eigenvalue weighted by Gasteiger charge is 2.38. The van der Waals surface area contributed by atoms with Gasteiger partial charge in [-0.15, -0.1) is 0 Å². The maximum Gasteiger partial charge on any atom is 0.417 e. The molecule has 0 radical (unpaired) electrons. The van der Waals surface area contributed by atoms with Gasteiger partial charge in [0.05, 0.1) is 17.8 Å². The Morgan fingerprint density at radius 1 is 1.42 bits per heavy atom. The molecule has 106 valence electrons. The fourth-order valence-corrected chi connectivity index (χ4v) is 2.56. The zero-order valence-electron chi connectivity index (χ0n) is 10.1. The van der Waals surface area contributed by atoms with Crippen LogP contribution in [0.5, 0.6) is 0 Å². The van der Waals surface area contributed by atoms with E-state index in [1.807, 2.05) is 0 Å². The van der Waals surface area contributed by atoms with Crippen molar-refractivity contribution in [1.82, 2.24) is 0 Å². The second-order valence-electron chi connectivity index (χ2n) is 3.83. The normalized spacial score (nSPS) is 13.3. The lowest BCUT2D eigenvalue weighted by Gasteiger charge is -2.19. The molecule has 0 bridgehead atoms. The molecule has 0 aliphatic carbocycles. The lowest BCUT2D eigenvalue weighted by Crippen LogP contribution is -2.21. The molecule has 2 nitrogen and oxygen atoms in total. The molecule has 0 fully saturated rings. The second-order valence-corrected chi connectivity index (χ2v) is 5.28. The Kier molecular flexibility index (Phi) is 5.22. The van der Waals surface area contributed by atoms with E-state index in [-0.39, 0.29) is 11.3 Å². The van der Waals surface area contributed by atoms with E-state index in [4.69, 9.17) is 5.73 Å². The molecule has 0 heterocycles. The molecule has 0 aromatic heterocycles. The summed E-state index contributed by atoms with van der Waals surface area (Å²) < 4.78 is 51.3. The highest BCUT2D eigenvalue weighted by Crippen LogP contribution is 2.40. The predicted molar refractivity (Wildman–Crippen MR) is 66.8 cm³/mol. The van der Waals surface area contributed by atoms with E-state index >= 15 is 0 Å². The van der Waals surface area contributed by atoms with Crippen LogP contribution in [-0.4, -0.2) is 18.3 Å². The third-order valence-corrected chi connectivity index (χ3v) is 3.67. The van der Waals surface area contributed by atoms with Crippen molar-refractivity contribution >= 4 is 17.7 Å². The monoisotopic (exact) mass is 295 g/mol. The van der Waals surface area contributed by atoms with Crippen LogP contribution in [-0.2, 0) is 6.18 Å². The van der Waals surface area contributed by atoms with Crippen molar-refractivity contribution in [3.63, 3.8) is 0 Å². The third-order valence-electron chi connectivity index (χ3n) is 2.53. The molecule has 0 aliphatic rings. The molecule has 7 heteroatoms. The molecule has 0 spiro atoms. The topological polar surface area (TPSA) is 43.1 Å². The van der Waals surface area contributed by atoms with Crippen LogP contribution < -0.4 is 5.73 Å². The number of primary amides is 1. The van der Waals surface area contributed by atoms with Gasteiger partial charge in [0.25, 0.3) is 0 Å². The van der Waals surface area contributed by atoms with Gasteiger partial charge in [-0.2, -0.15) is 24.9 Å². The summed E-state index contributed by atoms with van der Waals surface area (Å²) in [6.45, 7) is 0.918. The number of rotatable bonds is 5. The van der Waals surface area contributed by atoms with Gasteiger partial charge in [0, 0.05) is 11.0 Å². The van der Waals surface area contributed by atoms with Crippen LogP contribution >= 0.6 is 11.8 Å². The number of thioether (sulfide) groups is 1. The SMILES string of the molecule is C[C@@H](SCCF)c1cccc(C(N)=O)c1C(F)(F)F. The van der Waals surface area contributed by atoms with Gasteiger partial charge >= 0.3 is 6.18 Å². The summed E-state index contributed by atoms with van der Waals surface area (Å²) in [6, 6.07) is 3.67. The van der Waals surface area contributed by atoms with Crippen LogP contribution in [0.15, 0.2) is 18.2 Å². The van der Waals surface area contributed by atoms with Crippen LogP contribution in [0, 0.1) is 0 Å². The minimum Gasteiger partial charge on any atom is -0.366 e. The van der Waals surface area contributed by atoms with E-state index in [0.717, 1.165) is 17.8 Å². The first-order valence-corrected chi connectivity index (χ1v) is 6.51. The van der Waals surface area contributed by atoms with Gasteiger partial charge < -0.3 is 5.73 Å². The highest BCUT2D eigenvalue weighted by molar-refractivity contribution is 7.99. The van der Waals surface area contributed by atoms with Crippen LogP contribution in [0.2, 0.25) is 0 Å². The van der Waals surface area contributed by atoms with E-state index in [2.05, 4.69) is 0 Å². The standard InChI is InChI=1S/C12H13F4NOS/c1-7(19-6-5-13)8-3-2-4-9(11(17)18)10(8)12(14,15)16/h2-4,7H,5-6H2,1H3,(H2,17,18)/t7-/m1/s1. The van der Waals surface area contributed by atoms with Crippen molar-refractivity contribution in [2.45, 2.75) is 18.3 Å². The molecule has 1 amide bonds. The number of carbonyl (C=O) groups excluding carboxylic acids is 1. The lowest BCUT2D eigenvalue weighted by atomic mass is 9.98. The summed E-state index contributed by atoms with van der Waals surface area (Å²) in [5.41, 5.74) is 3.34. The Bertz CT molecular complexity index is 462. The van der Waals surface area contributed by atoms with Crippen molar-refractivity contribution in [2.24, 2.45) is 5.73 Å². The molecule has 0 saturated carbocycles. The first-order chi connectivity index (χ1) is 8.79. The minimum absolute atomic E-state index is 0.0535. The smallest absolute Gasteiger partial charge is 0.366 e. The number of hydrogen-bond donors (Lipinski definition) is 1. The fraction of sp³-hybridized carbons (Fsp3) is 0.417. The number of carbonyl (C=O) groups is 1. The largest absolute Gasteiger partial charge is 0.417 e. The molecule has 1 atom stereocenters. The van der Waals surface area contributed by atoms with Crippen LogP contribution in [0.4, 0.5) is 17.6 Å². The van der Waals surface area contributed by atoms with Crippen molar-refractivity contribution < 1.29 is 22.4 Å². The number of amides is 1. The van der Waals surface area contributed by atoms with E-state index in [1.54, 1.807) is 0 Å². The third kappa shape index (κ3) is 3.86. The van der Waals surface area contributed by atoms with Gasteiger partial charge in [-0.1, -0.05) is 12.1 Å². The highest BCUT2D eigenvalue weighted by atomic mass is 32.2. The molecule has 0 saturated heterocycles. The van der Waals surface area contributed by atoms with Gasteiger partial charge in [0.15, 0.2) is 0 Å². The van der Waals surface area contributed by atoms with E-state index < -0.39 is 35.1 Å². The molecule has 1 aromatic rings. The second kappa shape index (κ2) is 6.27. The van der Waals surface area contributed by atoms with Gasteiger partial charge in [-0.3, -0.25) is 9.18 Å². The Labute approximate surface area is 112 Å². The van der Waals surface area contributed by atoms with Crippen molar-refractivity contribution in [3.8, 4) is 0 Å².